The Hall–Kier alpha value is -1.32. The molecule has 1 atom stereocenters. The molecule has 0 aromatic rings. The SMILES string of the molecule is CC=CCC(=O)OC(C)(C)C(=O)OC(C)CC. The van der Waals surface area contributed by atoms with Gasteiger partial charge in [-0.2, -0.15) is 0 Å². The lowest BCUT2D eigenvalue weighted by molar-refractivity contribution is -0.181. The van der Waals surface area contributed by atoms with Gasteiger partial charge in [-0.1, -0.05) is 19.1 Å². The predicted molar refractivity (Wildman–Crippen MR) is 65.4 cm³/mol. The van der Waals surface area contributed by atoms with Crippen LogP contribution in [-0.2, 0) is 19.1 Å². The summed E-state index contributed by atoms with van der Waals surface area (Å²) in [7, 11) is 0. The summed E-state index contributed by atoms with van der Waals surface area (Å²) in [5, 5.41) is 0. The largest absolute Gasteiger partial charge is 0.460 e. The van der Waals surface area contributed by atoms with Gasteiger partial charge in [0.2, 0.25) is 5.60 Å². The third-order valence-corrected chi connectivity index (χ3v) is 2.26. The number of hydrogen-bond donors (Lipinski definition) is 0. The first-order valence-corrected chi connectivity index (χ1v) is 5.87. The first-order valence-electron chi connectivity index (χ1n) is 5.87. The molecule has 4 heteroatoms. The second-order valence-corrected chi connectivity index (χ2v) is 4.38. The molecule has 17 heavy (non-hydrogen) atoms. The van der Waals surface area contributed by atoms with Crippen molar-refractivity contribution in [2.45, 2.75) is 59.2 Å². The first kappa shape index (κ1) is 15.7. The van der Waals surface area contributed by atoms with E-state index >= 15 is 0 Å². The number of ether oxygens (including phenoxy) is 2. The number of hydrogen-bond acceptors (Lipinski definition) is 4. The van der Waals surface area contributed by atoms with Crippen LogP contribution in [-0.4, -0.2) is 23.6 Å². The van der Waals surface area contributed by atoms with Crippen molar-refractivity contribution in [1.29, 1.82) is 0 Å². The fourth-order valence-corrected chi connectivity index (χ4v) is 0.990. The molecule has 98 valence electrons. The number of allylic oxidation sites excluding steroid dienone is 1. The van der Waals surface area contributed by atoms with E-state index in [0.717, 1.165) is 6.42 Å². The Morgan fingerprint density at radius 2 is 1.94 bits per heavy atom. The van der Waals surface area contributed by atoms with Gasteiger partial charge in [-0.3, -0.25) is 4.79 Å². The predicted octanol–water partition coefficient (Wildman–Crippen LogP) is 2.62. The Kier molecular flexibility index (Phi) is 6.54. The second-order valence-electron chi connectivity index (χ2n) is 4.38. The molecule has 0 aliphatic rings. The maximum atomic E-state index is 11.7. The maximum Gasteiger partial charge on any atom is 0.350 e. The highest BCUT2D eigenvalue weighted by Gasteiger charge is 2.34. The van der Waals surface area contributed by atoms with Crippen molar-refractivity contribution in [3.05, 3.63) is 12.2 Å². The minimum Gasteiger partial charge on any atom is -0.460 e. The van der Waals surface area contributed by atoms with Crippen molar-refractivity contribution < 1.29 is 19.1 Å². The molecule has 0 saturated heterocycles. The maximum absolute atomic E-state index is 11.7. The zero-order valence-electron chi connectivity index (χ0n) is 11.3. The summed E-state index contributed by atoms with van der Waals surface area (Å²) in [5.41, 5.74) is -1.23. The van der Waals surface area contributed by atoms with Crippen LogP contribution < -0.4 is 0 Å². The highest BCUT2D eigenvalue weighted by molar-refractivity contribution is 5.83. The van der Waals surface area contributed by atoms with E-state index in [1.54, 1.807) is 19.1 Å². The molecule has 0 aliphatic heterocycles. The van der Waals surface area contributed by atoms with Crippen LogP contribution in [0.25, 0.3) is 0 Å². The van der Waals surface area contributed by atoms with Crippen LogP contribution in [0.1, 0.15) is 47.5 Å². The van der Waals surface area contributed by atoms with Gasteiger partial charge in [0.1, 0.15) is 0 Å². The molecule has 0 radical (unpaired) electrons. The minimum absolute atomic E-state index is 0.163. The van der Waals surface area contributed by atoms with Gasteiger partial charge in [0.15, 0.2) is 0 Å². The second kappa shape index (κ2) is 7.09. The van der Waals surface area contributed by atoms with Gasteiger partial charge in [-0.05, 0) is 34.1 Å². The van der Waals surface area contributed by atoms with Crippen molar-refractivity contribution >= 4 is 11.9 Å². The summed E-state index contributed by atoms with van der Waals surface area (Å²) >= 11 is 0. The van der Waals surface area contributed by atoms with E-state index in [1.165, 1.54) is 13.8 Å². The molecular formula is C13H22O4. The molecule has 0 aromatic heterocycles. The van der Waals surface area contributed by atoms with Crippen molar-refractivity contribution in [3.63, 3.8) is 0 Å². The molecule has 0 heterocycles. The molecule has 0 amide bonds. The van der Waals surface area contributed by atoms with Crippen molar-refractivity contribution in [2.75, 3.05) is 0 Å². The molecule has 0 aliphatic carbocycles. The topological polar surface area (TPSA) is 52.6 Å². The summed E-state index contributed by atoms with van der Waals surface area (Å²) < 4.78 is 10.2. The van der Waals surface area contributed by atoms with Crippen LogP contribution in [0.5, 0.6) is 0 Å². The molecule has 0 N–H and O–H groups in total. The molecule has 4 nitrogen and oxygen atoms in total. The van der Waals surface area contributed by atoms with Crippen molar-refractivity contribution in [1.82, 2.24) is 0 Å². The standard InChI is InChI=1S/C13H22O4/c1-6-8-9-11(14)17-13(4,5)12(15)16-10(3)7-2/h6,8,10H,7,9H2,1-5H3. The van der Waals surface area contributed by atoms with E-state index in [4.69, 9.17) is 9.47 Å². The lowest BCUT2D eigenvalue weighted by Gasteiger charge is -2.24. The van der Waals surface area contributed by atoms with Gasteiger partial charge < -0.3 is 9.47 Å². The molecule has 0 rings (SSSR count). The highest BCUT2D eigenvalue weighted by Crippen LogP contribution is 2.15. The Morgan fingerprint density at radius 1 is 1.35 bits per heavy atom. The summed E-state index contributed by atoms with van der Waals surface area (Å²) in [5.74, 6) is -0.949. The number of carbonyl (C=O) groups excluding carboxylic acids is 2. The molecule has 0 fully saturated rings. The van der Waals surface area contributed by atoms with E-state index in [1.807, 2.05) is 13.8 Å². The smallest absolute Gasteiger partial charge is 0.350 e. The summed E-state index contributed by atoms with van der Waals surface area (Å²) in [4.78, 5) is 23.1. The van der Waals surface area contributed by atoms with E-state index in [0.29, 0.717) is 0 Å². The molecule has 0 bridgehead atoms. The van der Waals surface area contributed by atoms with Crippen LogP contribution >= 0.6 is 0 Å². The van der Waals surface area contributed by atoms with Gasteiger partial charge in [-0.25, -0.2) is 4.79 Å². The Balaban J connectivity index is 4.35. The third-order valence-electron chi connectivity index (χ3n) is 2.26. The lowest BCUT2D eigenvalue weighted by Crippen LogP contribution is -2.40. The average molecular weight is 242 g/mol. The molecule has 0 spiro atoms. The van der Waals surface area contributed by atoms with Gasteiger partial charge in [0.25, 0.3) is 0 Å². The average Bonchev–Trinajstić information content (AvgIpc) is 2.25. The van der Waals surface area contributed by atoms with Crippen LogP contribution in [0.4, 0.5) is 0 Å². The Morgan fingerprint density at radius 3 is 2.41 bits per heavy atom. The van der Waals surface area contributed by atoms with Gasteiger partial charge in [0, 0.05) is 0 Å². The Bertz CT molecular complexity index is 292. The summed E-state index contributed by atoms with van der Waals surface area (Å²) in [6.07, 6.45) is 4.16. The van der Waals surface area contributed by atoms with E-state index in [2.05, 4.69) is 0 Å². The van der Waals surface area contributed by atoms with E-state index in [-0.39, 0.29) is 12.5 Å². The van der Waals surface area contributed by atoms with Crippen LogP contribution in [0.15, 0.2) is 12.2 Å². The highest BCUT2D eigenvalue weighted by atomic mass is 16.6. The van der Waals surface area contributed by atoms with Gasteiger partial charge >= 0.3 is 11.9 Å². The number of rotatable bonds is 6. The summed E-state index contributed by atoms with van der Waals surface area (Å²) in [6.45, 7) is 8.60. The van der Waals surface area contributed by atoms with Crippen molar-refractivity contribution in [3.8, 4) is 0 Å². The van der Waals surface area contributed by atoms with Gasteiger partial charge in [-0.15, -0.1) is 0 Å². The minimum atomic E-state index is -1.23. The monoisotopic (exact) mass is 242 g/mol. The molecule has 1 unspecified atom stereocenters. The Labute approximate surface area is 103 Å². The van der Waals surface area contributed by atoms with Crippen LogP contribution in [0.2, 0.25) is 0 Å². The number of carbonyl (C=O) groups is 2. The molecule has 0 aromatic carbocycles. The third kappa shape index (κ3) is 6.09. The van der Waals surface area contributed by atoms with Crippen LogP contribution in [0.3, 0.4) is 0 Å². The van der Waals surface area contributed by atoms with E-state index < -0.39 is 17.5 Å². The fourth-order valence-electron chi connectivity index (χ4n) is 0.990. The fraction of sp³-hybridized carbons (Fsp3) is 0.692. The zero-order chi connectivity index (χ0) is 13.5. The van der Waals surface area contributed by atoms with Crippen molar-refractivity contribution in [2.24, 2.45) is 0 Å². The molecule has 0 saturated carbocycles. The van der Waals surface area contributed by atoms with E-state index in [9.17, 15) is 9.59 Å². The lowest BCUT2D eigenvalue weighted by atomic mass is 10.1. The number of esters is 2. The molecular weight excluding hydrogens is 220 g/mol. The quantitative estimate of drug-likeness (QED) is 0.530. The van der Waals surface area contributed by atoms with Gasteiger partial charge in [0.05, 0.1) is 12.5 Å². The first-order chi connectivity index (χ1) is 7.83. The normalized spacial score (nSPS) is 13.5. The zero-order valence-corrected chi connectivity index (χ0v) is 11.3. The van der Waals surface area contributed by atoms with Crippen LogP contribution in [0, 0.1) is 0 Å². The summed E-state index contributed by atoms with van der Waals surface area (Å²) in [6, 6.07) is 0.